The number of hydrogen-bond donors (Lipinski definition) is 1. The number of aryl methyl sites for hydroxylation is 1. The Balaban J connectivity index is 1.22. The van der Waals surface area contributed by atoms with E-state index in [0.717, 1.165) is 68.1 Å². The largest absolute Gasteiger partial charge is 0.465 e. The quantitative estimate of drug-likeness (QED) is 0.197. The summed E-state index contributed by atoms with van der Waals surface area (Å²) >= 11 is 0. The second-order valence-electron chi connectivity index (χ2n) is 10.7. The van der Waals surface area contributed by atoms with Gasteiger partial charge in [0.05, 0.1) is 22.9 Å². The molecule has 1 aliphatic heterocycles. The molecule has 6 rings (SSSR count). The molecule has 0 radical (unpaired) electrons. The van der Waals surface area contributed by atoms with Gasteiger partial charge in [0.15, 0.2) is 0 Å². The number of benzene rings is 1. The van der Waals surface area contributed by atoms with E-state index < -0.39 is 17.1 Å². The number of allylic oxidation sites excluding steroid dienone is 4. The number of nitrogens with zero attached hydrogens (tertiary/aromatic N) is 5. The maximum atomic E-state index is 12.9. The van der Waals surface area contributed by atoms with Gasteiger partial charge < -0.3 is 24.1 Å². The topological polar surface area (TPSA) is 136 Å². The SMILES string of the molecule is CCOC(=O)Cn1c2c([nH]c(=O)c1=O)CCC1=C2C=C(n2ccc(N3CCN(c4ccc([N+](=O)[O-])cc4)CC3)c2)CC1. The molecule has 1 N–H and O–H groups in total. The molecule has 3 aliphatic rings. The van der Waals surface area contributed by atoms with Crippen LogP contribution in [0.1, 0.15) is 37.6 Å². The molecule has 2 aromatic heterocycles. The summed E-state index contributed by atoms with van der Waals surface area (Å²) in [5, 5.41) is 11.0. The van der Waals surface area contributed by atoms with Crippen molar-refractivity contribution in [2.24, 2.45) is 0 Å². The third-order valence-corrected chi connectivity index (χ3v) is 8.24. The van der Waals surface area contributed by atoms with Crippen LogP contribution in [0, 0.1) is 10.1 Å². The number of anilines is 2. The Morgan fingerprint density at radius 2 is 1.67 bits per heavy atom. The van der Waals surface area contributed by atoms with Crippen molar-refractivity contribution >= 4 is 34.3 Å². The lowest BCUT2D eigenvalue weighted by Crippen LogP contribution is -2.46. The number of ether oxygens (including phenoxy) is 1. The number of H-pyrrole nitrogens is 1. The Labute approximate surface area is 241 Å². The fraction of sp³-hybridized carbons (Fsp3) is 0.367. The smallest absolute Gasteiger partial charge is 0.326 e. The van der Waals surface area contributed by atoms with Crippen LogP contribution in [0.25, 0.3) is 11.3 Å². The first kappa shape index (κ1) is 27.3. The molecule has 1 aromatic carbocycles. The number of nitro benzene ring substituents is 1. The van der Waals surface area contributed by atoms with E-state index in [1.165, 1.54) is 10.1 Å². The molecule has 1 fully saturated rings. The number of non-ortho nitro benzene ring substituents is 1. The second kappa shape index (κ2) is 11.2. The third kappa shape index (κ3) is 5.15. The van der Waals surface area contributed by atoms with Crippen molar-refractivity contribution in [1.82, 2.24) is 14.1 Å². The first-order valence-corrected chi connectivity index (χ1v) is 14.2. The number of hydrogen-bond acceptors (Lipinski definition) is 8. The van der Waals surface area contributed by atoms with Gasteiger partial charge in [-0.15, -0.1) is 0 Å². The average Bonchev–Trinajstić information content (AvgIpc) is 3.50. The minimum absolute atomic E-state index is 0.0888. The zero-order chi connectivity index (χ0) is 29.4. The van der Waals surface area contributed by atoms with Crippen molar-refractivity contribution in [2.45, 2.75) is 39.2 Å². The zero-order valence-electron chi connectivity index (χ0n) is 23.4. The molecule has 1 saturated heterocycles. The van der Waals surface area contributed by atoms with E-state index in [2.05, 4.69) is 37.7 Å². The summed E-state index contributed by atoms with van der Waals surface area (Å²) in [5.41, 5.74) is 5.12. The van der Waals surface area contributed by atoms with Crippen molar-refractivity contribution in [3.63, 3.8) is 0 Å². The van der Waals surface area contributed by atoms with Gasteiger partial charge in [-0.05, 0) is 56.9 Å². The van der Waals surface area contributed by atoms with Crippen LogP contribution >= 0.6 is 0 Å². The number of esters is 1. The molecule has 3 aromatic rings. The molecule has 3 heterocycles. The lowest BCUT2D eigenvalue weighted by Gasteiger charge is -2.36. The van der Waals surface area contributed by atoms with Crippen molar-refractivity contribution in [1.29, 1.82) is 0 Å². The van der Waals surface area contributed by atoms with Crippen molar-refractivity contribution < 1.29 is 14.5 Å². The van der Waals surface area contributed by atoms with E-state index in [4.69, 9.17) is 4.74 Å². The van der Waals surface area contributed by atoms with Gasteiger partial charge in [0.1, 0.15) is 6.54 Å². The van der Waals surface area contributed by atoms with E-state index in [1.807, 2.05) is 6.20 Å². The second-order valence-corrected chi connectivity index (χ2v) is 10.7. The standard InChI is InChI=1S/C30H32N6O6/c1-2-42-27(37)19-35-28-25-17-23(5-3-20(25)4-10-26(28)31-29(38)30(35)39)34-12-11-24(18-34)33-15-13-32(14-16-33)21-6-8-22(9-7-21)36(40)41/h6-9,11-12,17-18H,2-5,10,13-16,19H2,1H3,(H,31,38). The number of piperazine rings is 1. The third-order valence-electron chi connectivity index (χ3n) is 8.24. The number of aromatic nitrogens is 3. The molecule has 0 amide bonds. The fourth-order valence-electron chi connectivity index (χ4n) is 6.10. The molecular weight excluding hydrogens is 540 g/mol. The molecule has 0 unspecified atom stereocenters. The predicted octanol–water partition coefficient (Wildman–Crippen LogP) is 3.17. The maximum absolute atomic E-state index is 12.9. The van der Waals surface area contributed by atoms with Gasteiger partial charge in [-0.1, -0.05) is 5.57 Å². The van der Waals surface area contributed by atoms with Crippen molar-refractivity contribution in [3.05, 3.63) is 96.6 Å². The van der Waals surface area contributed by atoms with Gasteiger partial charge in [-0.3, -0.25) is 29.1 Å². The van der Waals surface area contributed by atoms with Crippen LogP contribution < -0.4 is 20.9 Å². The molecule has 0 bridgehead atoms. The summed E-state index contributed by atoms with van der Waals surface area (Å²) in [4.78, 5) is 55.5. The highest BCUT2D eigenvalue weighted by Crippen LogP contribution is 2.39. The Kier molecular flexibility index (Phi) is 7.27. The minimum atomic E-state index is -0.757. The van der Waals surface area contributed by atoms with E-state index in [-0.39, 0.29) is 23.8 Å². The molecule has 0 atom stereocenters. The van der Waals surface area contributed by atoms with Crippen LogP contribution in [-0.4, -0.2) is 57.8 Å². The number of aromatic amines is 1. The number of carbonyl (C=O) groups excluding carboxylic acids is 1. The number of nitro groups is 1. The molecule has 12 nitrogen and oxygen atoms in total. The lowest BCUT2D eigenvalue weighted by molar-refractivity contribution is -0.384. The number of fused-ring (bicyclic) bond motifs is 2. The first-order chi connectivity index (χ1) is 20.3. The van der Waals surface area contributed by atoms with Crippen molar-refractivity contribution in [3.8, 4) is 0 Å². The molecule has 12 heteroatoms. The highest BCUT2D eigenvalue weighted by molar-refractivity contribution is 5.85. The lowest BCUT2D eigenvalue weighted by atomic mass is 9.84. The van der Waals surface area contributed by atoms with E-state index >= 15 is 0 Å². The Hall–Kier alpha value is -4.87. The van der Waals surface area contributed by atoms with Gasteiger partial charge in [0.2, 0.25) is 0 Å². The summed E-state index contributed by atoms with van der Waals surface area (Å²) in [7, 11) is 0. The van der Waals surface area contributed by atoms with E-state index in [1.54, 1.807) is 31.2 Å². The highest BCUT2D eigenvalue weighted by Gasteiger charge is 2.28. The predicted molar refractivity (Wildman–Crippen MR) is 159 cm³/mol. The van der Waals surface area contributed by atoms with Gasteiger partial charge in [0.25, 0.3) is 5.69 Å². The summed E-state index contributed by atoms with van der Waals surface area (Å²) < 4.78 is 8.46. The minimum Gasteiger partial charge on any atom is -0.465 e. The number of nitrogens with one attached hydrogen (secondary N) is 1. The maximum Gasteiger partial charge on any atom is 0.326 e. The molecule has 42 heavy (non-hydrogen) atoms. The van der Waals surface area contributed by atoms with E-state index in [9.17, 15) is 24.5 Å². The highest BCUT2D eigenvalue weighted by atomic mass is 16.6. The van der Waals surface area contributed by atoms with Crippen LogP contribution in [0.15, 0.2) is 64.0 Å². The molecule has 0 spiro atoms. The Bertz CT molecular complexity index is 1720. The number of rotatable bonds is 7. The Morgan fingerprint density at radius 1 is 0.976 bits per heavy atom. The van der Waals surface area contributed by atoms with Crippen LogP contribution in [0.2, 0.25) is 0 Å². The summed E-state index contributed by atoms with van der Waals surface area (Å²) in [6.07, 6.45) is 9.28. The monoisotopic (exact) mass is 572 g/mol. The normalized spacial score (nSPS) is 16.5. The van der Waals surface area contributed by atoms with E-state index in [0.29, 0.717) is 17.8 Å². The summed E-state index contributed by atoms with van der Waals surface area (Å²) in [5.74, 6) is -0.552. The molecule has 218 valence electrons. The Morgan fingerprint density at radius 3 is 2.36 bits per heavy atom. The van der Waals surface area contributed by atoms with Crippen LogP contribution in [0.3, 0.4) is 0 Å². The molecule has 0 saturated carbocycles. The van der Waals surface area contributed by atoms with Crippen molar-refractivity contribution in [2.75, 3.05) is 42.6 Å². The first-order valence-electron chi connectivity index (χ1n) is 14.2. The fourth-order valence-corrected chi connectivity index (χ4v) is 6.10. The van der Waals surface area contributed by atoms with Crippen LogP contribution in [-0.2, 0) is 22.5 Å². The van der Waals surface area contributed by atoms with Gasteiger partial charge in [-0.2, -0.15) is 0 Å². The zero-order valence-corrected chi connectivity index (χ0v) is 23.4. The van der Waals surface area contributed by atoms with Gasteiger partial charge in [0, 0.05) is 73.4 Å². The molecular formula is C30H32N6O6. The average molecular weight is 573 g/mol. The van der Waals surface area contributed by atoms with Gasteiger partial charge >= 0.3 is 17.1 Å². The van der Waals surface area contributed by atoms with Crippen LogP contribution in [0.4, 0.5) is 17.1 Å². The van der Waals surface area contributed by atoms with Gasteiger partial charge in [-0.25, -0.2) is 0 Å². The summed E-state index contributed by atoms with van der Waals surface area (Å²) in [6.45, 7) is 4.82. The molecule has 2 aliphatic carbocycles. The van der Waals surface area contributed by atoms with Crippen LogP contribution in [0.5, 0.6) is 0 Å². The summed E-state index contributed by atoms with van der Waals surface area (Å²) in [6, 6.07) is 8.77. The number of carbonyl (C=O) groups is 1.